The lowest BCUT2D eigenvalue weighted by molar-refractivity contribution is 0.376. The highest BCUT2D eigenvalue weighted by molar-refractivity contribution is 6.14. The van der Waals surface area contributed by atoms with Gasteiger partial charge < -0.3 is 29.5 Å². The minimum Gasteiger partial charge on any atom is -0.507 e. The van der Waals surface area contributed by atoms with Crippen molar-refractivity contribution < 1.29 is 29.5 Å². The van der Waals surface area contributed by atoms with E-state index in [-0.39, 0.29) is 23.0 Å². The van der Waals surface area contributed by atoms with Crippen LogP contribution in [0, 0.1) is 13.8 Å². The average Bonchev–Trinajstić information content (AvgIpc) is 2.74. The van der Waals surface area contributed by atoms with Crippen molar-refractivity contribution >= 4 is 21.5 Å². The zero-order valence-electron chi connectivity index (χ0n) is 18.0. The maximum absolute atomic E-state index is 11.1. The molecule has 4 rings (SSSR count). The Labute approximate surface area is 179 Å². The van der Waals surface area contributed by atoms with Crippen molar-refractivity contribution in [2.24, 2.45) is 0 Å². The molecule has 0 saturated carbocycles. The van der Waals surface area contributed by atoms with Gasteiger partial charge in [0.25, 0.3) is 0 Å². The summed E-state index contributed by atoms with van der Waals surface area (Å²) in [5.74, 6) is 1.21. The number of hydrogen-bond acceptors (Lipinski definition) is 6. The van der Waals surface area contributed by atoms with Gasteiger partial charge in [0.2, 0.25) is 0 Å². The van der Waals surface area contributed by atoms with Crippen LogP contribution in [0.25, 0.3) is 32.7 Å². The standard InChI is InChI=1S/C25H24O6/c1-12-8-15-22(18(28)11-20(30-4)24(15)19(9-12)29-3)21-13(2)10-17(27)23-14(21)6-7-16(26)25(23)31-5/h6-11,26-28H,1-5H3. The number of aryl methyl sites for hydroxylation is 2. The summed E-state index contributed by atoms with van der Waals surface area (Å²) >= 11 is 0. The van der Waals surface area contributed by atoms with Gasteiger partial charge in [0.05, 0.1) is 32.1 Å². The van der Waals surface area contributed by atoms with Gasteiger partial charge in [-0.3, -0.25) is 0 Å². The van der Waals surface area contributed by atoms with Crippen LogP contribution in [0.2, 0.25) is 0 Å². The molecule has 0 aliphatic heterocycles. The molecule has 0 amide bonds. The van der Waals surface area contributed by atoms with Crippen molar-refractivity contribution in [1.29, 1.82) is 0 Å². The van der Waals surface area contributed by atoms with Gasteiger partial charge in [-0.15, -0.1) is 0 Å². The molecule has 4 aromatic carbocycles. The maximum Gasteiger partial charge on any atom is 0.172 e. The number of rotatable bonds is 4. The summed E-state index contributed by atoms with van der Waals surface area (Å²) in [6.07, 6.45) is 0. The predicted molar refractivity (Wildman–Crippen MR) is 121 cm³/mol. The summed E-state index contributed by atoms with van der Waals surface area (Å²) in [5, 5.41) is 34.5. The van der Waals surface area contributed by atoms with Gasteiger partial charge in [0.15, 0.2) is 11.5 Å². The Hall–Kier alpha value is -3.80. The van der Waals surface area contributed by atoms with Gasteiger partial charge >= 0.3 is 0 Å². The largest absolute Gasteiger partial charge is 0.507 e. The lowest BCUT2D eigenvalue weighted by Crippen LogP contribution is -1.96. The molecule has 0 saturated heterocycles. The SMILES string of the molecule is COc1cc(C)cc2c(-c3c(C)cc(O)c4c(OC)c(O)ccc34)c(O)cc(OC)c12. The molecule has 0 unspecified atom stereocenters. The zero-order valence-corrected chi connectivity index (χ0v) is 18.0. The maximum atomic E-state index is 11.1. The summed E-state index contributed by atoms with van der Waals surface area (Å²) in [5.41, 5.74) is 2.99. The molecule has 0 aliphatic rings. The van der Waals surface area contributed by atoms with Crippen molar-refractivity contribution in [3.05, 3.63) is 47.5 Å². The molecule has 4 aromatic rings. The lowest BCUT2D eigenvalue weighted by Gasteiger charge is -2.20. The highest BCUT2D eigenvalue weighted by atomic mass is 16.5. The van der Waals surface area contributed by atoms with Gasteiger partial charge in [0, 0.05) is 17.0 Å². The Kier molecular flexibility index (Phi) is 4.93. The van der Waals surface area contributed by atoms with Crippen molar-refractivity contribution in [1.82, 2.24) is 0 Å². The van der Waals surface area contributed by atoms with E-state index in [1.165, 1.54) is 13.2 Å². The number of methoxy groups -OCH3 is 3. The number of phenols is 3. The molecule has 0 bridgehead atoms. The summed E-state index contributed by atoms with van der Waals surface area (Å²) in [7, 11) is 4.57. The van der Waals surface area contributed by atoms with E-state index >= 15 is 0 Å². The fourth-order valence-electron chi connectivity index (χ4n) is 4.33. The quantitative estimate of drug-likeness (QED) is 0.409. The predicted octanol–water partition coefficient (Wildman–Crippen LogP) is 5.42. The van der Waals surface area contributed by atoms with E-state index in [1.807, 2.05) is 26.0 Å². The molecule has 0 aliphatic carbocycles. The van der Waals surface area contributed by atoms with Crippen LogP contribution in [-0.4, -0.2) is 36.6 Å². The Morgan fingerprint density at radius 2 is 1.29 bits per heavy atom. The fraction of sp³-hybridized carbons (Fsp3) is 0.200. The molecule has 0 fully saturated rings. The van der Waals surface area contributed by atoms with Crippen molar-refractivity contribution in [3.63, 3.8) is 0 Å². The molecule has 0 aromatic heterocycles. The molecule has 0 heterocycles. The molecule has 160 valence electrons. The third-order valence-electron chi connectivity index (χ3n) is 5.59. The minimum absolute atomic E-state index is 0.0185. The number of phenolic OH excluding ortho intramolecular Hbond substituents is 3. The van der Waals surface area contributed by atoms with Crippen LogP contribution in [0.1, 0.15) is 11.1 Å². The summed E-state index contributed by atoms with van der Waals surface area (Å²) in [6, 6.07) is 10.3. The smallest absolute Gasteiger partial charge is 0.172 e. The van der Waals surface area contributed by atoms with Gasteiger partial charge in [-0.05, 0) is 60.2 Å². The molecule has 6 heteroatoms. The first-order valence-corrected chi connectivity index (χ1v) is 9.73. The van der Waals surface area contributed by atoms with Crippen LogP contribution in [0.5, 0.6) is 34.5 Å². The first kappa shape index (κ1) is 20.5. The van der Waals surface area contributed by atoms with Crippen LogP contribution in [-0.2, 0) is 0 Å². The molecule has 0 atom stereocenters. The Bertz CT molecular complexity index is 1330. The van der Waals surface area contributed by atoms with Crippen molar-refractivity contribution in [3.8, 4) is 45.6 Å². The zero-order chi connectivity index (χ0) is 22.4. The van der Waals surface area contributed by atoms with Gasteiger partial charge in [-0.25, -0.2) is 0 Å². The summed E-state index contributed by atoms with van der Waals surface area (Å²) in [4.78, 5) is 0. The van der Waals surface area contributed by atoms with Gasteiger partial charge in [-0.1, -0.05) is 6.07 Å². The van der Waals surface area contributed by atoms with E-state index in [0.29, 0.717) is 33.4 Å². The Morgan fingerprint density at radius 3 is 1.94 bits per heavy atom. The van der Waals surface area contributed by atoms with Crippen LogP contribution in [0.15, 0.2) is 36.4 Å². The van der Waals surface area contributed by atoms with Crippen molar-refractivity contribution in [2.45, 2.75) is 13.8 Å². The fourth-order valence-corrected chi connectivity index (χ4v) is 4.33. The molecule has 3 N–H and O–H groups in total. The molecule has 0 radical (unpaired) electrons. The number of fused-ring (bicyclic) bond motifs is 2. The van der Waals surface area contributed by atoms with Crippen LogP contribution >= 0.6 is 0 Å². The van der Waals surface area contributed by atoms with E-state index in [0.717, 1.165) is 21.9 Å². The van der Waals surface area contributed by atoms with E-state index < -0.39 is 0 Å². The number of benzene rings is 4. The first-order valence-electron chi connectivity index (χ1n) is 9.73. The molecule has 6 nitrogen and oxygen atoms in total. The molecular weight excluding hydrogens is 396 g/mol. The van der Waals surface area contributed by atoms with E-state index in [4.69, 9.17) is 14.2 Å². The first-order chi connectivity index (χ1) is 14.8. The second-order valence-electron chi connectivity index (χ2n) is 7.49. The summed E-state index contributed by atoms with van der Waals surface area (Å²) in [6.45, 7) is 3.81. The average molecular weight is 420 g/mol. The normalized spacial score (nSPS) is 11.1. The molecule has 31 heavy (non-hydrogen) atoms. The van der Waals surface area contributed by atoms with Crippen LogP contribution in [0.4, 0.5) is 0 Å². The van der Waals surface area contributed by atoms with E-state index in [1.54, 1.807) is 32.4 Å². The lowest BCUT2D eigenvalue weighted by atomic mass is 9.88. The topological polar surface area (TPSA) is 88.4 Å². The summed E-state index contributed by atoms with van der Waals surface area (Å²) < 4.78 is 16.5. The van der Waals surface area contributed by atoms with Gasteiger partial charge in [-0.2, -0.15) is 0 Å². The third kappa shape index (κ3) is 3.03. The van der Waals surface area contributed by atoms with Gasteiger partial charge in [0.1, 0.15) is 23.0 Å². The number of ether oxygens (including phenoxy) is 3. The highest BCUT2D eigenvalue weighted by Gasteiger charge is 2.23. The number of hydrogen-bond donors (Lipinski definition) is 3. The minimum atomic E-state index is -0.0820. The van der Waals surface area contributed by atoms with E-state index in [2.05, 4.69) is 0 Å². The monoisotopic (exact) mass is 420 g/mol. The van der Waals surface area contributed by atoms with Crippen molar-refractivity contribution in [2.75, 3.05) is 21.3 Å². The third-order valence-corrected chi connectivity index (χ3v) is 5.59. The van der Waals surface area contributed by atoms with E-state index in [9.17, 15) is 15.3 Å². The second-order valence-corrected chi connectivity index (χ2v) is 7.49. The van der Waals surface area contributed by atoms with Crippen LogP contribution < -0.4 is 14.2 Å². The Morgan fingerprint density at radius 1 is 0.613 bits per heavy atom. The molecular formula is C25H24O6. The highest BCUT2D eigenvalue weighted by Crippen LogP contribution is 2.51. The molecule has 0 spiro atoms. The van der Waals surface area contributed by atoms with Crippen LogP contribution in [0.3, 0.4) is 0 Å². The Balaban J connectivity index is 2.26. The number of aromatic hydroxyl groups is 3. The second kappa shape index (κ2) is 7.47.